The molecule has 0 aromatic heterocycles. The Bertz CT molecular complexity index is 2400. The summed E-state index contributed by atoms with van der Waals surface area (Å²) in [6.07, 6.45) is 9.37. The Hall–Kier alpha value is -4.88. The van der Waals surface area contributed by atoms with Gasteiger partial charge in [-0.1, -0.05) is 137 Å². The van der Waals surface area contributed by atoms with E-state index in [-0.39, 0.29) is 16.2 Å². The monoisotopic (exact) mass is 715 g/mol. The van der Waals surface area contributed by atoms with Gasteiger partial charge in [-0.15, -0.1) is 0 Å². The van der Waals surface area contributed by atoms with Crippen LogP contribution in [0.5, 0.6) is 0 Å². The molecule has 1 nitrogen and oxygen atoms in total. The zero-order valence-corrected chi connectivity index (χ0v) is 33.0. The highest BCUT2D eigenvalue weighted by Gasteiger charge is 2.62. The van der Waals surface area contributed by atoms with Gasteiger partial charge in [-0.3, -0.25) is 0 Å². The minimum absolute atomic E-state index is 0.0469. The summed E-state index contributed by atoms with van der Waals surface area (Å²) in [4.78, 5) is 2.63. The van der Waals surface area contributed by atoms with Crippen molar-refractivity contribution in [3.05, 3.63) is 162 Å². The van der Waals surface area contributed by atoms with E-state index in [0.717, 1.165) is 11.8 Å². The van der Waals surface area contributed by atoms with Gasteiger partial charge in [-0.25, -0.2) is 0 Å². The van der Waals surface area contributed by atoms with Crippen molar-refractivity contribution < 1.29 is 0 Å². The summed E-state index contributed by atoms with van der Waals surface area (Å²) < 4.78 is 0. The van der Waals surface area contributed by atoms with E-state index in [1.54, 1.807) is 11.1 Å². The second-order valence-electron chi connectivity index (χ2n) is 19.2. The van der Waals surface area contributed by atoms with Gasteiger partial charge in [0.1, 0.15) is 0 Å². The minimum Gasteiger partial charge on any atom is -0.310 e. The fourth-order valence-electron chi connectivity index (χ4n) is 12.9. The lowest BCUT2D eigenvalue weighted by atomic mass is 9.42. The normalized spacial score (nSPS) is 26.0. The Balaban J connectivity index is 1.20. The maximum Gasteiger partial charge on any atom is 0.0543 e. The zero-order chi connectivity index (χ0) is 37.1. The van der Waals surface area contributed by atoms with Gasteiger partial charge >= 0.3 is 0 Å². The number of anilines is 3. The van der Waals surface area contributed by atoms with Crippen LogP contribution < -0.4 is 4.90 Å². The van der Waals surface area contributed by atoms with Crippen LogP contribution in [0, 0.1) is 23.7 Å². The molecular formula is C54H53N. The fourth-order valence-corrected chi connectivity index (χ4v) is 12.9. The van der Waals surface area contributed by atoms with Gasteiger partial charge < -0.3 is 4.90 Å². The third-order valence-electron chi connectivity index (χ3n) is 15.3. The Morgan fingerprint density at radius 2 is 1.02 bits per heavy atom. The molecule has 0 amide bonds. The quantitative estimate of drug-likeness (QED) is 0.172. The van der Waals surface area contributed by atoms with E-state index >= 15 is 0 Å². The van der Waals surface area contributed by atoms with Crippen LogP contribution in [0.25, 0.3) is 33.4 Å². The molecule has 0 aliphatic heterocycles. The molecule has 0 N–H and O–H groups in total. The van der Waals surface area contributed by atoms with Crippen LogP contribution in [0.15, 0.2) is 140 Å². The van der Waals surface area contributed by atoms with Gasteiger partial charge in [-0.2, -0.15) is 0 Å². The molecule has 4 saturated carbocycles. The van der Waals surface area contributed by atoms with Crippen molar-refractivity contribution in [2.45, 2.75) is 88.9 Å². The average molecular weight is 716 g/mol. The van der Waals surface area contributed by atoms with Crippen LogP contribution >= 0.6 is 0 Å². The van der Waals surface area contributed by atoms with Crippen molar-refractivity contribution in [2.24, 2.45) is 23.7 Å². The first-order chi connectivity index (χ1) is 26.7. The molecule has 0 radical (unpaired) electrons. The Labute approximate surface area is 328 Å². The number of fused-ring (bicyclic) bond motifs is 4. The molecule has 0 heterocycles. The lowest BCUT2D eigenvalue weighted by Gasteiger charge is -2.61. The number of rotatable bonds is 5. The standard InChI is InChI=1S/C54H53N/c1-52(2)27-28-53(3,4)48-34-43(23-25-47(48)52)55(42-21-19-38(20-22-42)37-13-7-5-8-14-37)49-26-24-44(39-15-9-6-10-16-39)51-50(49)45-17-11-12-18-46(45)54(51)40-30-35-29-36(32-40)33-41(54)31-35/h5-26,34-36,40-41H,27-33H2,1-4H3. The summed E-state index contributed by atoms with van der Waals surface area (Å²) in [5.74, 6) is 3.18. The minimum atomic E-state index is 0.0469. The first-order valence-electron chi connectivity index (χ1n) is 21.2. The van der Waals surface area contributed by atoms with E-state index in [4.69, 9.17) is 0 Å². The molecule has 274 valence electrons. The highest BCUT2D eigenvalue weighted by atomic mass is 15.1. The van der Waals surface area contributed by atoms with Gasteiger partial charge in [0.15, 0.2) is 0 Å². The van der Waals surface area contributed by atoms with Crippen LogP contribution in [-0.2, 0) is 16.2 Å². The molecule has 6 aromatic rings. The van der Waals surface area contributed by atoms with Crippen LogP contribution in [-0.4, -0.2) is 0 Å². The van der Waals surface area contributed by atoms with Gasteiger partial charge in [0, 0.05) is 22.4 Å². The van der Waals surface area contributed by atoms with E-state index in [9.17, 15) is 0 Å². The van der Waals surface area contributed by atoms with Crippen molar-refractivity contribution in [2.75, 3.05) is 4.90 Å². The molecule has 55 heavy (non-hydrogen) atoms. The predicted octanol–water partition coefficient (Wildman–Crippen LogP) is 14.6. The topological polar surface area (TPSA) is 3.24 Å². The molecule has 0 atom stereocenters. The van der Waals surface area contributed by atoms with E-state index in [1.165, 1.54) is 107 Å². The Kier molecular flexibility index (Phi) is 7.34. The van der Waals surface area contributed by atoms with E-state index in [0.29, 0.717) is 11.8 Å². The number of nitrogens with zero attached hydrogens (tertiary/aromatic N) is 1. The largest absolute Gasteiger partial charge is 0.310 e. The van der Waals surface area contributed by atoms with Crippen LogP contribution in [0.1, 0.15) is 94.9 Å². The van der Waals surface area contributed by atoms with Crippen molar-refractivity contribution in [3.63, 3.8) is 0 Å². The first-order valence-corrected chi connectivity index (χ1v) is 21.2. The highest BCUT2D eigenvalue weighted by molar-refractivity contribution is 5.99. The van der Waals surface area contributed by atoms with E-state index in [1.807, 2.05) is 0 Å². The molecule has 12 rings (SSSR count). The molecule has 1 spiro atoms. The molecule has 6 aliphatic carbocycles. The second-order valence-corrected chi connectivity index (χ2v) is 19.2. The molecule has 0 unspecified atom stereocenters. The fraction of sp³-hybridized carbons (Fsp3) is 0.333. The number of hydrogen-bond acceptors (Lipinski definition) is 1. The molecule has 6 aromatic carbocycles. The average Bonchev–Trinajstić information content (AvgIpc) is 3.51. The lowest BCUT2D eigenvalue weighted by Crippen LogP contribution is -2.55. The van der Waals surface area contributed by atoms with E-state index in [2.05, 4.69) is 172 Å². The molecule has 0 saturated heterocycles. The summed E-state index contributed by atoms with van der Waals surface area (Å²) in [5.41, 5.74) is 18.6. The summed E-state index contributed by atoms with van der Waals surface area (Å²) in [5, 5.41) is 0. The Morgan fingerprint density at radius 3 is 1.69 bits per heavy atom. The van der Waals surface area contributed by atoms with Gasteiger partial charge in [0.05, 0.1) is 5.69 Å². The number of benzene rings is 6. The third kappa shape index (κ3) is 4.90. The summed E-state index contributed by atoms with van der Waals surface area (Å²) in [6, 6.07) is 53.7. The smallest absolute Gasteiger partial charge is 0.0543 e. The van der Waals surface area contributed by atoms with E-state index < -0.39 is 0 Å². The van der Waals surface area contributed by atoms with Crippen LogP contribution in [0.3, 0.4) is 0 Å². The lowest BCUT2D eigenvalue weighted by molar-refractivity contribution is -0.0397. The Morgan fingerprint density at radius 1 is 0.455 bits per heavy atom. The summed E-state index contributed by atoms with van der Waals surface area (Å²) >= 11 is 0. The van der Waals surface area contributed by atoms with Crippen LogP contribution in [0.4, 0.5) is 17.1 Å². The molecular weight excluding hydrogens is 663 g/mol. The molecule has 4 bridgehead atoms. The number of hydrogen-bond donors (Lipinski definition) is 0. The van der Waals surface area contributed by atoms with Crippen molar-refractivity contribution >= 4 is 17.1 Å². The van der Waals surface area contributed by atoms with Crippen molar-refractivity contribution in [1.29, 1.82) is 0 Å². The summed E-state index contributed by atoms with van der Waals surface area (Å²) in [7, 11) is 0. The van der Waals surface area contributed by atoms with Gasteiger partial charge in [0.25, 0.3) is 0 Å². The summed E-state index contributed by atoms with van der Waals surface area (Å²) in [6.45, 7) is 9.81. The maximum absolute atomic E-state index is 2.63. The van der Waals surface area contributed by atoms with Crippen molar-refractivity contribution in [3.8, 4) is 33.4 Å². The molecule has 4 fully saturated rings. The predicted molar refractivity (Wildman–Crippen MR) is 231 cm³/mol. The third-order valence-corrected chi connectivity index (χ3v) is 15.3. The van der Waals surface area contributed by atoms with Gasteiger partial charge in [-0.05, 0) is 160 Å². The maximum atomic E-state index is 2.63. The molecule has 6 aliphatic rings. The second kappa shape index (κ2) is 12.1. The molecule has 1 heteroatoms. The highest BCUT2D eigenvalue weighted by Crippen LogP contribution is 2.71. The van der Waals surface area contributed by atoms with Crippen LogP contribution in [0.2, 0.25) is 0 Å². The van der Waals surface area contributed by atoms with Gasteiger partial charge in [0.2, 0.25) is 0 Å². The first kappa shape index (κ1) is 33.5. The van der Waals surface area contributed by atoms with Crippen molar-refractivity contribution in [1.82, 2.24) is 0 Å². The SMILES string of the molecule is CC1(C)CCC(C)(C)c2cc(N(c3ccc(-c4ccccc4)cc3)c3ccc(-c4ccccc4)c4c3-c3ccccc3C43C4CC5CC(C4)CC3C5)ccc21. The zero-order valence-electron chi connectivity index (χ0n) is 33.0.